The van der Waals surface area contributed by atoms with Crippen LogP contribution < -0.4 is 0 Å². The molecule has 2 heterocycles. The molecule has 0 bridgehead atoms. The van der Waals surface area contributed by atoms with Crippen molar-refractivity contribution in [3.8, 4) is 0 Å². The molecule has 2 rings (SSSR count). The zero-order valence-electron chi connectivity index (χ0n) is 45.3. The smallest absolute Gasteiger partial charge is 0.306 e. The molecule has 4 unspecified atom stereocenters. The van der Waals surface area contributed by atoms with Crippen molar-refractivity contribution in [2.45, 2.75) is 261 Å². The van der Waals surface area contributed by atoms with Crippen LogP contribution in [0, 0.1) is 0 Å². The van der Waals surface area contributed by atoms with Crippen LogP contribution in [-0.4, -0.2) is 142 Å². The first-order chi connectivity index (χ1) is 36.0. The van der Waals surface area contributed by atoms with Gasteiger partial charge in [0.1, 0.15) is 55.4 Å². The normalized spacial score (nSPS) is 25.2. The van der Waals surface area contributed by atoms with Gasteiger partial charge in [0.25, 0.3) is 0 Å². The summed E-state index contributed by atoms with van der Waals surface area (Å²) in [5.74, 6) is -0.966. The molecule has 0 saturated carbocycles. The summed E-state index contributed by atoms with van der Waals surface area (Å²) in [6.07, 6.45) is 37.7. The Balaban J connectivity index is 1.78. The molecule has 0 radical (unpaired) electrons. The summed E-state index contributed by atoms with van der Waals surface area (Å²) in [6, 6.07) is 0. The van der Waals surface area contributed by atoms with Crippen LogP contribution in [0.2, 0.25) is 0 Å². The number of allylic oxidation sites excluding steroid dienone is 12. The highest BCUT2D eigenvalue weighted by Crippen LogP contribution is 2.26. The van der Waals surface area contributed by atoms with Crippen LogP contribution in [0.5, 0.6) is 0 Å². The molecular formula is C59H100O15. The number of esters is 2. The van der Waals surface area contributed by atoms with Gasteiger partial charge in [0.2, 0.25) is 0 Å². The van der Waals surface area contributed by atoms with Gasteiger partial charge in [0, 0.05) is 12.8 Å². The number of aliphatic hydroxyl groups is 7. The fourth-order valence-corrected chi connectivity index (χ4v) is 8.53. The van der Waals surface area contributed by atoms with Crippen LogP contribution in [0.15, 0.2) is 72.9 Å². The zero-order valence-corrected chi connectivity index (χ0v) is 45.3. The van der Waals surface area contributed by atoms with E-state index >= 15 is 0 Å². The van der Waals surface area contributed by atoms with E-state index in [0.717, 1.165) is 83.5 Å². The lowest BCUT2D eigenvalue weighted by Gasteiger charge is -2.42. The second kappa shape index (κ2) is 45.0. The van der Waals surface area contributed by atoms with E-state index in [1.165, 1.54) is 70.6 Å². The molecule has 74 heavy (non-hydrogen) atoms. The van der Waals surface area contributed by atoms with Gasteiger partial charge in [-0.05, 0) is 83.5 Å². The first-order valence-corrected chi connectivity index (χ1v) is 28.5. The second-order valence-electron chi connectivity index (χ2n) is 19.7. The highest BCUT2D eigenvalue weighted by molar-refractivity contribution is 5.70. The molecule has 15 nitrogen and oxygen atoms in total. The Morgan fingerprint density at radius 3 is 1.36 bits per heavy atom. The third-order valence-electron chi connectivity index (χ3n) is 13.2. The largest absolute Gasteiger partial charge is 0.462 e. The average molecular weight is 1050 g/mol. The molecule has 0 aromatic rings. The summed E-state index contributed by atoms with van der Waals surface area (Å²) in [6.45, 7) is 2.45. The topological polar surface area (TPSA) is 231 Å². The van der Waals surface area contributed by atoms with Crippen molar-refractivity contribution in [1.29, 1.82) is 0 Å². The first kappa shape index (κ1) is 67.1. The second-order valence-corrected chi connectivity index (χ2v) is 19.7. The van der Waals surface area contributed by atoms with E-state index in [2.05, 4.69) is 86.8 Å². The molecule has 0 aromatic heterocycles. The minimum atomic E-state index is -1.77. The number of ether oxygens (including phenoxy) is 6. The number of rotatable bonds is 44. The Kier molecular flexibility index (Phi) is 40.8. The quantitative estimate of drug-likeness (QED) is 0.0171. The lowest BCUT2D eigenvalue weighted by atomic mass is 9.98. The molecule has 0 amide bonds. The van der Waals surface area contributed by atoms with Gasteiger partial charge in [-0.1, -0.05) is 170 Å². The van der Waals surface area contributed by atoms with Gasteiger partial charge in [-0.2, -0.15) is 0 Å². The van der Waals surface area contributed by atoms with Gasteiger partial charge in [-0.15, -0.1) is 0 Å². The third kappa shape index (κ3) is 31.9. The number of hydrogen-bond acceptors (Lipinski definition) is 15. The Hall–Kier alpha value is -3.06. The molecule has 2 aliphatic rings. The van der Waals surface area contributed by atoms with Crippen molar-refractivity contribution in [3.05, 3.63) is 72.9 Å². The van der Waals surface area contributed by atoms with E-state index in [9.17, 15) is 45.3 Å². The van der Waals surface area contributed by atoms with E-state index in [1.807, 2.05) is 0 Å². The number of carbonyl (C=O) groups excluding carboxylic acids is 2. The number of hydrogen-bond donors (Lipinski definition) is 7. The maximum Gasteiger partial charge on any atom is 0.306 e. The Labute approximate surface area is 444 Å². The van der Waals surface area contributed by atoms with Crippen LogP contribution >= 0.6 is 0 Å². The first-order valence-electron chi connectivity index (χ1n) is 28.5. The molecule has 2 saturated heterocycles. The van der Waals surface area contributed by atoms with E-state index in [4.69, 9.17) is 28.4 Å². The van der Waals surface area contributed by atoms with Crippen molar-refractivity contribution in [3.63, 3.8) is 0 Å². The molecule has 15 heteroatoms. The average Bonchev–Trinajstić information content (AvgIpc) is 3.39. The lowest BCUT2D eigenvalue weighted by molar-refractivity contribution is -0.332. The number of unbranched alkanes of at least 4 members (excludes halogenated alkanes) is 18. The van der Waals surface area contributed by atoms with Crippen LogP contribution in [0.3, 0.4) is 0 Å². The SMILES string of the molecule is CC/C=C/C/C=C/C/C=C/C/C=C/C/C=C/CCCCCC(=O)OC[C@@H](CO[C@@H]1O[C@H](CO[C@@H]2O[C@H](CO)[C@H](O)C(O)C2O)[C@H](O)C(O)C1O)OC(=O)CCCCCCCCCCC/C=C/CCCCCCCC. The van der Waals surface area contributed by atoms with E-state index < -0.39 is 99.3 Å². The number of carbonyl (C=O) groups is 2. The minimum Gasteiger partial charge on any atom is -0.462 e. The summed E-state index contributed by atoms with van der Waals surface area (Å²) >= 11 is 0. The molecule has 11 atom stereocenters. The summed E-state index contributed by atoms with van der Waals surface area (Å²) in [5, 5.41) is 72.3. The van der Waals surface area contributed by atoms with Crippen molar-refractivity contribution >= 4 is 11.9 Å². The number of aliphatic hydroxyl groups excluding tert-OH is 7. The van der Waals surface area contributed by atoms with Gasteiger partial charge in [-0.25, -0.2) is 0 Å². The Morgan fingerprint density at radius 2 is 0.851 bits per heavy atom. The van der Waals surface area contributed by atoms with Crippen molar-refractivity contribution in [2.75, 3.05) is 26.4 Å². The Bertz CT molecular complexity index is 1560. The van der Waals surface area contributed by atoms with Gasteiger partial charge in [0.15, 0.2) is 18.7 Å². The van der Waals surface area contributed by atoms with Crippen LogP contribution in [0.1, 0.15) is 194 Å². The van der Waals surface area contributed by atoms with Crippen LogP contribution in [0.25, 0.3) is 0 Å². The standard InChI is InChI=1S/C59H100O15/c1-3-5-7-9-11-13-15-17-19-21-23-25-27-29-31-33-35-37-39-41-50(61)69-44-47(72-51(62)42-40-38-36-34-32-30-28-26-24-22-20-18-16-14-12-10-8-6-4-2)45-70-58-57(68)55(66)53(64)49(74-58)46-71-59-56(67)54(65)52(63)48(43-60)73-59/h5,7,11,13,17-20,23,25,29,31,47-49,52-60,63-68H,3-4,6,8-10,12,14-16,21-22,24,26-28,30,32-46H2,1-2H3/b7-5+,13-11+,19-17+,20-18+,25-23+,31-29+/t47-,48+,49+,52-,53-,54?,55?,56?,57?,58+,59+/m0/s1. The fraction of sp³-hybridized carbons (Fsp3) is 0.763. The van der Waals surface area contributed by atoms with Crippen LogP contribution in [-0.2, 0) is 38.0 Å². The van der Waals surface area contributed by atoms with Gasteiger partial charge < -0.3 is 64.2 Å². The van der Waals surface area contributed by atoms with Crippen molar-refractivity contribution < 1.29 is 73.8 Å². The van der Waals surface area contributed by atoms with E-state index in [1.54, 1.807) is 0 Å². The zero-order chi connectivity index (χ0) is 53.9. The molecular weight excluding hydrogens is 949 g/mol. The maximum atomic E-state index is 13.1. The van der Waals surface area contributed by atoms with Gasteiger partial charge >= 0.3 is 11.9 Å². The molecule has 2 fully saturated rings. The van der Waals surface area contributed by atoms with Crippen molar-refractivity contribution in [1.82, 2.24) is 0 Å². The summed E-state index contributed by atoms with van der Waals surface area (Å²) in [4.78, 5) is 25.9. The van der Waals surface area contributed by atoms with E-state index in [-0.39, 0.29) is 19.4 Å². The predicted octanol–water partition coefficient (Wildman–Crippen LogP) is 9.38. The molecule has 0 spiro atoms. The summed E-state index contributed by atoms with van der Waals surface area (Å²) in [7, 11) is 0. The molecule has 7 N–H and O–H groups in total. The van der Waals surface area contributed by atoms with Gasteiger partial charge in [0.05, 0.1) is 19.8 Å². The lowest BCUT2D eigenvalue weighted by Crippen LogP contribution is -2.61. The molecule has 426 valence electrons. The summed E-state index contributed by atoms with van der Waals surface area (Å²) in [5.41, 5.74) is 0. The highest BCUT2D eigenvalue weighted by Gasteiger charge is 2.47. The maximum absolute atomic E-state index is 13.1. The fourth-order valence-electron chi connectivity index (χ4n) is 8.53. The monoisotopic (exact) mass is 1050 g/mol. The molecule has 0 aromatic carbocycles. The summed E-state index contributed by atoms with van der Waals surface area (Å²) < 4.78 is 33.6. The third-order valence-corrected chi connectivity index (χ3v) is 13.2. The van der Waals surface area contributed by atoms with E-state index in [0.29, 0.717) is 12.8 Å². The highest BCUT2D eigenvalue weighted by atomic mass is 16.7. The predicted molar refractivity (Wildman–Crippen MR) is 289 cm³/mol. The Morgan fingerprint density at radius 1 is 0.446 bits per heavy atom. The molecule has 2 aliphatic heterocycles. The van der Waals surface area contributed by atoms with Crippen LogP contribution in [0.4, 0.5) is 0 Å². The minimum absolute atomic E-state index is 0.152. The van der Waals surface area contributed by atoms with Gasteiger partial charge in [-0.3, -0.25) is 9.59 Å². The molecule has 0 aliphatic carbocycles. The van der Waals surface area contributed by atoms with Crippen molar-refractivity contribution in [2.24, 2.45) is 0 Å².